The largest absolute Gasteiger partial charge is 0.382 e. The van der Waals surface area contributed by atoms with E-state index in [2.05, 4.69) is 31.3 Å². The lowest BCUT2D eigenvalue weighted by Crippen LogP contribution is -2.41. The van der Waals surface area contributed by atoms with Crippen molar-refractivity contribution in [2.75, 3.05) is 12.3 Å². The number of rotatable bonds is 10. The fraction of sp³-hybridized carbons (Fsp3) is 0.276. The van der Waals surface area contributed by atoms with Crippen LogP contribution in [0.4, 0.5) is 5.82 Å². The van der Waals surface area contributed by atoms with Gasteiger partial charge in [-0.3, -0.25) is 14.9 Å². The molecule has 0 aliphatic carbocycles. The van der Waals surface area contributed by atoms with E-state index >= 15 is 0 Å². The van der Waals surface area contributed by atoms with Crippen LogP contribution in [0.25, 0.3) is 28.0 Å². The van der Waals surface area contributed by atoms with E-state index in [4.69, 9.17) is 10.7 Å². The van der Waals surface area contributed by atoms with Crippen LogP contribution < -0.4 is 5.73 Å². The topological polar surface area (TPSA) is 155 Å². The standard InChI is InChI=1S/C29H30N10O/c1-3-14-38(29(40)27-33-18-34-37-27)21(4-2)11-13-25-22(15-30)26(31)39-28(36-25)23(17-35-39)20-10-12-24(32-16-20)19-8-6-5-7-9-19/h5-10,12,16-18,21H,3-4,11,13-14,31H2,1-2H3,(H,33,34,37)/t21-/m1/s1. The fourth-order valence-electron chi connectivity index (χ4n) is 4.92. The number of nitrogens with two attached hydrogens (primary N) is 1. The van der Waals surface area contributed by atoms with E-state index in [1.54, 1.807) is 17.3 Å². The average molecular weight is 535 g/mol. The van der Waals surface area contributed by atoms with Gasteiger partial charge in [-0.2, -0.15) is 14.9 Å². The van der Waals surface area contributed by atoms with E-state index in [-0.39, 0.29) is 29.2 Å². The number of hydrogen-bond donors (Lipinski definition) is 2. The molecule has 1 aromatic carbocycles. The van der Waals surface area contributed by atoms with Crippen LogP contribution in [0.2, 0.25) is 0 Å². The lowest BCUT2D eigenvalue weighted by atomic mass is 10.0. The Morgan fingerprint density at radius 3 is 2.60 bits per heavy atom. The van der Waals surface area contributed by atoms with Gasteiger partial charge in [0.15, 0.2) is 5.65 Å². The van der Waals surface area contributed by atoms with Crippen LogP contribution in [0.3, 0.4) is 0 Å². The molecular weight excluding hydrogens is 504 g/mol. The summed E-state index contributed by atoms with van der Waals surface area (Å²) in [5, 5.41) is 20.9. The number of aromatic amines is 1. The van der Waals surface area contributed by atoms with Crippen molar-refractivity contribution in [3.63, 3.8) is 0 Å². The molecule has 40 heavy (non-hydrogen) atoms. The lowest BCUT2D eigenvalue weighted by molar-refractivity contribution is 0.0650. The van der Waals surface area contributed by atoms with Gasteiger partial charge in [-0.25, -0.2) is 9.97 Å². The highest BCUT2D eigenvalue weighted by molar-refractivity contribution is 5.90. The zero-order valence-electron chi connectivity index (χ0n) is 22.4. The molecule has 0 aliphatic heterocycles. The van der Waals surface area contributed by atoms with E-state index in [9.17, 15) is 10.1 Å². The summed E-state index contributed by atoms with van der Waals surface area (Å²) < 4.78 is 1.50. The zero-order valence-corrected chi connectivity index (χ0v) is 22.4. The van der Waals surface area contributed by atoms with Crippen molar-refractivity contribution in [3.8, 4) is 28.5 Å². The van der Waals surface area contributed by atoms with Crippen molar-refractivity contribution in [2.45, 2.75) is 45.6 Å². The molecule has 3 N–H and O–H groups in total. The van der Waals surface area contributed by atoms with Crippen LogP contribution in [0.15, 0.2) is 61.2 Å². The first-order valence-electron chi connectivity index (χ1n) is 13.3. The summed E-state index contributed by atoms with van der Waals surface area (Å²) >= 11 is 0. The van der Waals surface area contributed by atoms with Crippen molar-refractivity contribution in [1.29, 1.82) is 5.26 Å². The van der Waals surface area contributed by atoms with Gasteiger partial charge in [0.25, 0.3) is 5.91 Å². The number of nitrogens with zero attached hydrogens (tertiary/aromatic N) is 8. The molecule has 202 valence electrons. The molecule has 0 aliphatic rings. The number of carbonyl (C=O) groups is 1. The number of anilines is 1. The molecule has 1 amide bonds. The lowest BCUT2D eigenvalue weighted by Gasteiger charge is -2.30. The first-order valence-corrected chi connectivity index (χ1v) is 13.3. The molecule has 0 saturated heterocycles. The highest BCUT2D eigenvalue weighted by Crippen LogP contribution is 2.29. The Kier molecular flexibility index (Phi) is 7.77. The number of nitrogen functional groups attached to an aromatic ring is 1. The molecule has 5 rings (SSSR count). The molecule has 4 aromatic heterocycles. The first kappa shape index (κ1) is 26.5. The summed E-state index contributed by atoms with van der Waals surface area (Å²) in [7, 11) is 0. The van der Waals surface area contributed by atoms with Crippen LogP contribution in [-0.4, -0.2) is 58.2 Å². The highest BCUT2D eigenvalue weighted by Gasteiger charge is 2.26. The van der Waals surface area contributed by atoms with Crippen molar-refractivity contribution >= 4 is 17.4 Å². The van der Waals surface area contributed by atoms with Crippen LogP contribution in [0.5, 0.6) is 0 Å². The molecule has 0 bridgehead atoms. The number of hydrogen-bond acceptors (Lipinski definition) is 8. The SMILES string of the molecule is CCCN(C(=O)c1nc[nH]n1)[C@H](CC)CCc1nc2c(-c3ccc(-c4ccccc4)nc3)cnn2c(N)c1C#N. The summed E-state index contributed by atoms with van der Waals surface area (Å²) in [5.41, 5.74) is 11.3. The summed E-state index contributed by atoms with van der Waals surface area (Å²) in [5.74, 6) is 0.157. The number of aromatic nitrogens is 7. The first-order chi connectivity index (χ1) is 19.5. The normalized spacial score (nSPS) is 11.8. The molecule has 0 saturated carbocycles. The maximum Gasteiger partial charge on any atom is 0.293 e. The number of benzene rings is 1. The molecule has 5 aromatic rings. The summed E-state index contributed by atoms with van der Waals surface area (Å²) in [4.78, 5) is 28.5. The smallest absolute Gasteiger partial charge is 0.293 e. The van der Waals surface area contributed by atoms with E-state index in [1.807, 2.05) is 56.3 Å². The van der Waals surface area contributed by atoms with Gasteiger partial charge in [-0.15, -0.1) is 5.10 Å². The van der Waals surface area contributed by atoms with Gasteiger partial charge in [-0.1, -0.05) is 50.2 Å². The fourth-order valence-corrected chi connectivity index (χ4v) is 4.92. The molecule has 0 spiro atoms. The van der Waals surface area contributed by atoms with E-state index < -0.39 is 0 Å². The second-order valence-electron chi connectivity index (χ2n) is 9.44. The van der Waals surface area contributed by atoms with Gasteiger partial charge in [-0.05, 0) is 31.7 Å². The number of H-pyrrole nitrogens is 1. The maximum absolute atomic E-state index is 13.1. The Morgan fingerprint density at radius 1 is 1.12 bits per heavy atom. The quantitative estimate of drug-likeness (QED) is 0.269. The summed E-state index contributed by atoms with van der Waals surface area (Å²) in [6.07, 6.45) is 7.46. The second-order valence-corrected chi connectivity index (χ2v) is 9.44. The van der Waals surface area contributed by atoms with Crippen molar-refractivity contribution in [2.24, 2.45) is 0 Å². The van der Waals surface area contributed by atoms with Gasteiger partial charge in [0.05, 0.1) is 17.6 Å². The summed E-state index contributed by atoms with van der Waals surface area (Å²) in [6.45, 7) is 4.64. The van der Waals surface area contributed by atoms with Gasteiger partial charge in [0, 0.05) is 35.5 Å². The molecule has 0 fully saturated rings. The third-order valence-electron chi connectivity index (χ3n) is 6.97. The Balaban J connectivity index is 1.45. The Labute approximate surface area is 231 Å². The van der Waals surface area contributed by atoms with Crippen LogP contribution in [0.1, 0.15) is 55.0 Å². The van der Waals surface area contributed by atoms with E-state index in [1.165, 1.54) is 10.8 Å². The third-order valence-corrected chi connectivity index (χ3v) is 6.97. The van der Waals surface area contributed by atoms with E-state index in [0.29, 0.717) is 30.7 Å². The van der Waals surface area contributed by atoms with E-state index in [0.717, 1.165) is 35.2 Å². The summed E-state index contributed by atoms with van der Waals surface area (Å²) in [6, 6.07) is 16.0. The minimum atomic E-state index is -0.220. The molecule has 0 unspecified atom stereocenters. The average Bonchev–Trinajstić information content (AvgIpc) is 3.68. The Hall–Kier alpha value is -5.11. The molecule has 11 nitrogen and oxygen atoms in total. The minimum absolute atomic E-state index is 0.0872. The maximum atomic E-state index is 13.1. The molecule has 4 heterocycles. The Morgan fingerprint density at radius 2 is 1.95 bits per heavy atom. The minimum Gasteiger partial charge on any atom is -0.382 e. The second kappa shape index (κ2) is 11.7. The zero-order chi connectivity index (χ0) is 28.1. The number of nitrogens with one attached hydrogen (secondary N) is 1. The number of carbonyl (C=O) groups excluding carboxylic acids is 1. The predicted molar refractivity (Wildman–Crippen MR) is 151 cm³/mol. The van der Waals surface area contributed by atoms with Crippen molar-refractivity contribution < 1.29 is 4.79 Å². The molecule has 1 atom stereocenters. The number of nitriles is 1. The van der Waals surface area contributed by atoms with Gasteiger partial charge < -0.3 is 10.6 Å². The predicted octanol–water partition coefficient (Wildman–Crippen LogP) is 4.29. The molecule has 0 radical (unpaired) electrons. The van der Waals surface area contributed by atoms with Gasteiger partial charge in [0.1, 0.15) is 23.8 Å². The number of aryl methyl sites for hydroxylation is 1. The van der Waals surface area contributed by atoms with Crippen molar-refractivity contribution in [1.82, 2.24) is 39.7 Å². The molecular formula is C29H30N10O. The van der Waals surface area contributed by atoms with Crippen molar-refractivity contribution in [3.05, 3.63) is 78.3 Å². The number of amides is 1. The van der Waals surface area contributed by atoms with Crippen LogP contribution in [0, 0.1) is 11.3 Å². The van der Waals surface area contributed by atoms with Gasteiger partial charge >= 0.3 is 0 Å². The van der Waals surface area contributed by atoms with Gasteiger partial charge in [0.2, 0.25) is 5.82 Å². The van der Waals surface area contributed by atoms with Crippen LogP contribution >= 0.6 is 0 Å². The Bertz CT molecular complexity index is 1640. The third kappa shape index (κ3) is 5.11. The number of pyridine rings is 1. The van der Waals surface area contributed by atoms with Crippen LogP contribution in [-0.2, 0) is 6.42 Å². The molecule has 11 heteroatoms. The highest BCUT2D eigenvalue weighted by atomic mass is 16.2. The number of fused-ring (bicyclic) bond motifs is 1. The monoisotopic (exact) mass is 534 g/mol.